The number of imidazole rings is 1. The van der Waals surface area contributed by atoms with E-state index in [1.807, 2.05) is 23.2 Å². The molecule has 5 rings (SSSR count). The van der Waals surface area contributed by atoms with Crippen molar-refractivity contribution in [2.45, 2.75) is 27.2 Å². The number of fused-ring (bicyclic) bond motifs is 1. The topological polar surface area (TPSA) is 40.9 Å². The summed E-state index contributed by atoms with van der Waals surface area (Å²) in [6, 6.07) is 21.0. The molecule has 0 atom stereocenters. The predicted octanol–water partition coefficient (Wildman–Crippen LogP) is 4.82. The van der Waals surface area contributed by atoms with E-state index in [1.54, 1.807) is 0 Å². The van der Waals surface area contributed by atoms with E-state index in [9.17, 15) is 4.79 Å². The molecule has 168 valence electrons. The molecule has 1 fully saturated rings. The number of carbonyl (C=O) groups is 1. The van der Waals surface area contributed by atoms with Crippen molar-refractivity contribution in [3.8, 4) is 11.3 Å². The minimum Gasteiger partial charge on any atom is -0.368 e. The quantitative estimate of drug-likeness (QED) is 0.459. The van der Waals surface area contributed by atoms with Crippen LogP contribution in [0, 0.1) is 20.8 Å². The minimum absolute atomic E-state index is 0.163. The van der Waals surface area contributed by atoms with Crippen LogP contribution in [0.1, 0.15) is 22.4 Å². The molecule has 1 aliphatic heterocycles. The molecule has 2 aromatic carbocycles. The average Bonchev–Trinajstić information content (AvgIpc) is 3.21. The molecule has 0 spiro atoms. The zero-order chi connectivity index (χ0) is 22.9. The van der Waals surface area contributed by atoms with Gasteiger partial charge in [0.15, 0.2) is 0 Å². The van der Waals surface area contributed by atoms with E-state index >= 15 is 0 Å². The Hall–Kier alpha value is -3.60. The zero-order valence-electron chi connectivity index (χ0n) is 19.6. The van der Waals surface area contributed by atoms with Crippen LogP contribution in [-0.4, -0.2) is 46.4 Å². The van der Waals surface area contributed by atoms with Gasteiger partial charge in [0.05, 0.1) is 17.8 Å². The molecule has 0 aliphatic carbocycles. The Balaban J connectivity index is 1.42. The number of para-hydroxylation sites is 1. The molecule has 4 aromatic rings. The molecule has 1 amide bonds. The standard InChI is InChI=1S/C28H30N4O/c1-20-11-12-23(18-22(20)3)27-25(32-13-7-8-21(2)28(32)29-27)19-26(33)31-16-14-30(15-17-31)24-9-5-4-6-10-24/h4-13,18H,14-17,19H2,1-3H3. The number of pyridine rings is 1. The van der Waals surface area contributed by atoms with Crippen molar-refractivity contribution in [2.75, 3.05) is 31.1 Å². The lowest BCUT2D eigenvalue weighted by atomic mass is 10.0. The maximum Gasteiger partial charge on any atom is 0.228 e. The lowest BCUT2D eigenvalue weighted by Crippen LogP contribution is -2.49. The third-order valence-electron chi connectivity index (χ3n) is 6.80. The van der Waals surface area contributed by atoms with Crippen LogP contribution in [0.25, 0.3) is 16.9 Å². The maximum atomic E-state index is 13.4. The molecule has 33 heavy (non-hydrogen) atoms. The fourth-order valence-electron chi connectivity index (χ4n) is 4.65. The van der Waals surface area contributed by atoms with Gasteiger partial charge in [-0.1, -0.05) is 36.4 Å². The van der Waals surface area contributed by atoms with Crippen LogP contribution < -0.4 is 4.90 Å². The summed E-state index contributed by atoms with van der Waals surface area (Å²) in [6.07, 6.45) is 2.37. The summed E-state index contributed by atoms with van der Waals surface area (Å²) in [5, 5.41) is 0. The van der Waals surface area contributed by atoms with Crippen molar-refractivity contribution in [3.63, 3.8) is 0 Å². The zero-order valence-corrected chi connectivity index (χ0v) is 19.6. The minimum atomic E-state index is 0.163. The van der Waals surface area contributed by atoms with Crippen molar-refractivity contribution < 1.29 is 4.79 Å². The van der Waals surface area contributed by atoms with E-state index < -0.39 is 0 Å². The number of nitrogens with zero attached hydrogens (tertiary/aromatic N) is 4. The van der Waals surface area contributed by atoms with Gasteiger partial charge in [-0.25, -0.2) is 4.98 Å². The first-order valence-electron chi connectivity index (χ1n) is 11.6. The van der Waals surface area contributed by atoms with Crippen molar-refractivity contribution >= 4 is 17.2 Å². The van der Waals surface area contributed by atoms with Crippen LogP contribution in [0.5, 0.6) is 0 Å². The third-order valence-corrected chi connectivity index (χ3v) is 6.80. The molecule has 0 saturated carbocycles. The summed E-state index contributed by atoms with van der Waals surface area (Å²) in [4.78, 5) is 22.7. The number of piperazine rings is 1. The van der Waals surface area contributed by atoms with E-state index in [4.69, 9.17) is 4.98 Å². The number of rotatable bonds is 4. The smallest absolute Gasteiger partial charge is 0.228 e. The van der Waals surface area contributed by atoms with Crippen LogP contribution in [0.15, 0.2) is 66.9 Å². The highest BCUT2D eigenvalue weighted by atomic mass is 16.2. The van der Waals surface area contributed by atoms with Gasteiger partial charge in [-0.05, 0) is 61.7 Å². The summed E-state index contributed by atoms with van der Waals surface area (Å²) in [5.41, 5.74) is 8.68. The van der Waals surface area contributed by atoms with Crippen molar-refractivity contribution in [3.05, 3.63) is 89.2 Å². The summed E-state index contributed by atoms with van der Waals surface area (Å²) >= 11 is 0. The second kappa shape index (κ2) is 8.74. The average molecular weight is 439 g/mol. The number of hydrogen-bond donors (Lipinski definition) is 0. The van der Waals surface area contributed by atoms with Gasteiger partial charge in [-0.3, -0.25) is 4.79 Å². The molecule has 5 nitrogen and oxygen atoms in total. The van der Waals surface area contributed by atoms with Gasteiger partial charge in [0.1, 0.15) is 5.65 Å². The Kier molecular flexibility index (Phi) is 5.63. The van der Waals surface area contributed by atoms with Crippen molar-refractivity contribution in [1.82, 2.24) is 14.3 Å². The molecule has 2 aromatic heterocycles. The second-order valence-electron chi connectivity index (χ2n) is 8.97. The highest BCUT2D eigenvalue weighted by molar-refractivity contribution is 5.82. The fourth-order valence-corrected chi connectivity index (χ4v) is 4.65. The molecule has 1 aliphatic rings. The Morgan fingerprint density at radius 2 is 1.61 bits per heavy atom. The molecule has 5 heteroatoms. The van der Waals surface area contributed by atoms with E-state index in [0.717, 1.165) is 54.3 Å². The first-order valence-corrected chi connectivity index (χ1v) is 11.6. The maximum absolute atomic E-state index is 13.4. The number of carbonyl (C=O) groups excluding carboxylic acids is 1. The molecule has 0 radical (unpaired) electrons. The number of anilines is 1. The van der Waals surface area contributed by atoms with E-state index in [0.29, 0.717) is 6.42 Å². The second-order valence-corrected chi connectivity index (χ2v) is 8.97. The Bertz CT molecular complexity index is 1300. The first kappa shape index (κ1) is 21.3. The molecule has 0 N–H and O–H groups in total. The van der Waals surface area contributed by atoms with E-state index in [1.165, 1.54) is 16.8 Å². The lowest BCUT2D eigenvalue weighted by Gasteiger charge is -2.36. The highest BCUT2D eigenvalue weighted by Crippen LogP contribution is 2.28. The van der Waals surface area contributed by atoms with Gasteiger partial charge >= 0.3 is 0 Å². The Labute approximate surface area is 195 Å². The molecule has 1 saturated heterocycles. The monoisotopic (exact) mass is 438 g/mol. The summed E-state index contributed by atoms with van der Waals surface area (Å²) in [5.74, 6) is 0.163. The fraction of sp³-hybridized carbons (Fsp3) is 0.286. The third kappa shape index (κ3) is 4.11. The van der Waals surface area contributed by atoms with Crippen LogP contribution in [-0.2, 0) is 11.2 Å². The number of aryl methyl sites for hydroxylation is 3. The molecular formula is C28H30N4O. The predicted molar refractivity (Wildman–Crippen MR) is 134 cm³/mol. The van der Waals surface area contributed by atoms with Crippen LogP contribution in [0.4, 0.5) is 5.69 Å². The van der Waals surface area contributed by atoms with Crippen LogP contribution in [0.3, 0.4) is 0 Å². The lowest BCUT2D eigenvalue weighted by molar-refractivity contribution is -0.130. The van der Waals surface area contributed by atoms with Gasteiger partial charge < -0.3 is 14.2 Å². The highest BCUT2D eigenvalue weighted by Gasteiger charge is 2.24. The van der Waals surface area contributed by atoms with Crippen molar-refractivity contribution in [2.24, 2.45) is 0 Å². The largest absolute Gasteiger partial charge is 0.368 e. The van der Waals surface area contributed by atoms with Gasteiger partial charge in [0.25, 0.3) is 0 Å². The van der Waals surface area contributed by atoms with Crippen molar-refractivity contribution in [1.29, 1.82) is 0 Å². The Morgan fingerprint density at radius 3 is 2.33 bits per heavy atom. The molecule has 0 bridgehead atoms. The molecule has 0 unspecified atom stereocenters. The first-order chi connectivity index (χ1) is 16.0. The normalized spacial score (nSPS) is 14.2. The van der Waals surface area contributed by atoms with Gasteiger partial charge in [-0.15, -0.1) is 0 Å². The Morgan fingerprint density at radius 1 is 0.848 bits per heavy atom. The van der Waals surface area contributed by atoms with E-state index in [-0.39, 0.29) is 5.91 Å². The molecular weight excluding hydrogens is 408 g/mol. The van der Waals surface area contributed by atoms with E-state index in [2.05, 4.69) is 78.6 Å². The number of hydrogen-bond acceptors (Lipinski definition) is 3. The van der Waals surface area contributed by atoms with Gasteiger partial charge in [0, 0.05) is 43.6 Å². The van der Waals surface area contributed by atoms with Crippen LogP contribution >= 0.6 is 0 Å². The summed E-state index contributed by atoms with van der Waals surface area (Å²) < 4.78 is 2.10. The van der Waals surface area contributed by atoms with Crippen LogP contribution in [0.2, 0.25) is 0 Å². The summed E-state index contributed by atoms with van der Waals surface area (Å²) in [6.45, 7) is 9.49. The number of benzene rings is 2. The summed E-state index contributed by atoms with van der Waals surface area (Å²) in [7, 11) is 0. The number of aromatic nitrogens is 2. The van der Waals surface area contributed by atoms with Gasteiger partial charge in [-0.2, -0.15) is 0 Å². The number of amides is 1. The molecule has 3 heterocycles. The SMILES string of the molecule is Cc1ccc(-c2nc3c(C)cccn3c2CC(=O)N2CCN(c3ccccc3)CC2)cc1C. The van der Waals surface area contributed by atoms with Gasteiger partial charge in [0.2, 0.25) is 5.91 Å².